The molecule has 0 bridgehead atoms. The molecule has 6 nitrogen and oxygen atoms in total. The summed E-state index contributed by atoms with van der Waals surface area (Å²) in [6, 6.07) is 26.4. The molecule has 184 valence electrons. The first kappa shape index (κ1) is 23.9. The summed E-state index contributed by atoms with van der Waals surface area (Å²) in [7, 11) is 0. The van der Waals surface area contributed by atoms with E-state index < -0.39 is 0 Å². The summed E-state index contributed by atoms with van der Waals surface area (Å²) in [5, 5.41) is 7.51. The molecule has 3 aromatic carbocycles. The van der Waals surface area contributed by atoms with E-state index in [0.717, 1.165) is 48.2 Å². The summed E-state index contributed by atoms with van der Waals surface area (Å²) in [5.41, 5.74) is 5.53. The van der Waals surface area contributed by atoms with Gasteiger partial charge in [0.2, 0.25) is 17.6 Å². The summed E-state index contributed by atoms with van der Waals surface area (Å²) in [4.78, 5) is 20.2. The lowest BCUT2D eigenvalue weighted by Gasteiger charge is -2.31. The molecule has 2 heterocycles. The Labute approximate surface area is 212 Å². The maximum atomic E-state index is 13.3. The Bertz CT molecular complexity index is 1310. The molecular weight excluding hydrogens is 448 g/mol. The predicted molar refractivity (Wildman–Crippen MR) is 140 cm³/mol. The molecule has 0 radical (unpaired) electrons. The van der Waals surface area contributed by atoms with Crippen LogP contribution in [-0.4, -0.2) is 34.0 Å². The minimum Gasteiger partial charge on any atom is -0.345 e. The molecule has 1 fully saturated rings. The molecule has 5 rings (SSSR count). The third-order valence-electron chi connectivity index (χ3n) is 6.98. The molecule has 1 aliphatic rings. The minimum absolute atomic E-state index is 0.0120. The maximum absolute atomic E-state index is 13.3. The van der Waals surface area contributed by atoms with E-state index in [1.807, 2.05) is 55.5 Å². The zero-order valence-electron chi connectivity index (χ0n) is 20.9. The number of piperidine rings is 1. The minimum atomic E-state index is -0.156. The van der Waals surface area contributed by atoms with Crippen LogP contribution in [0.25, 0.3) is 11.4 Å². The number of amides is 1. The average molecular weight is 481 g/mol. The highest BCUT2D eigenvalue weighted by molar-refractivity contribution is 5.79. The number of aromatic nitrogens is 2. The highest BCUT2D eigenvalue weighted by atomic mass is 16.5. The van der Waals surface area contributed by atoms with E-state index in [1.165, 1.54) is 5.56 Å². The Kier molecular flexibility index (Phi) is 7.23. The Morgan fingerprint density at radius 3 is 2.50 bits per heavy atom. The van der Waals surface area contributed by atoms with Gasteiger partial charge in [-0.15, -0.1) is 0 Å². The van der Waals surface area contributed by atoms with Gasteiger partial charge in [0.1, 0.15) is 0 Å². The van der Waals surface area contributed by atoms with Crippen molar-refractivity contribution in [2.24, 2.45) is 5.92 Å². The Hall–Kier alpha value is -3.77. The SMILES string of the molecule is Cc1cccc(-c2noc(CN3CCC(C(=O)NC(c4ccccc4)c4ccccc4C)CC3)n2)c1. The van der Waals surface area contributed by atoms with Gasteiger partial charge >= 0.3 is 0 Å². The van der Waals surface area contributed by atoms with E-state index in [0.29, 0.717) is 18.3 Å². The molecule has 1 aliphatic heterocycles. The summed E-state index contributed by atoms with van der Waals surface area (Å²) >= 11 is 0. The number of nitrogens with zero attached hydrogens (tertiary/aromatic N) is 3. The second-order valence-corrected chi connectivity index (χ2v) is 9.64. The van der Waals surface area contributed by atoms with Gasteiger partial charge in [-0.05, 0) is 62.5 Å². The van der Waals surface area contributed by atoms with Crippen molar-refractivity contribution in [1.29, 1.82) is 0 Å². The standard InChI is InChI=1S/C30H32N4O2/c1-21-9-8-13-25(19-21)29-31-27(36-33-29)20-34-17-15-24(16-18-34)30(35)32-28(23-11-4-3-5-12-23)26-14-7-6-10-22(26)2/h3-14,19,24,28H,15-18,20H2,1-2H3,(H,32,35). The van der Waals surface area contributed by atoms with Crippen LogP contribution in [0.15, 0.2) is 83.4 Å². The maximum Gasteiger partial charge on any atom is 0.241 e. The van der Waals surface area contributed by atoms with Gasteiger partial charge in [-0.3, -0.25) is 9.69 Å². The molecule has 0 aliphatic carbocycles. The molecule has 1 amide bonds. The quantitative estimate of drug-likeness (QED) is 0.380. The topological polar surface area (TPSA) is 71.3 Å². The number of benzene rings is 3. The number of nitrogens with one attached hydrogen (secondary N) is 1. The van der Waals surface area contributed by atoms with Crippen molar-refractivity contribution in [2.75, 3.05) is 13.1 Å². The van der Waals surface area contributed by atoms with Crippen LogP contribution in [0.1, 0.15) is 47.0 Å². The highest BCUT2D eigenvalue weighted by Gasteiger charge is 2.28. The Morgan fingerprint density at radius 1 is 1.00 bits per heavy atom. The van der Waals surface area contributed by atoms with E-state index in [-0.39, 0.29) is 17.9 Å². The third kappa shape index (κ3) is 5.55. The van der Waals surface area contributed by atoms with Gasteiger partial charge in [-0.25, -0.2) is 0 Å². The van der Waals surface area contributed by atoms with Crippen LogP contribution < -0.4 is 5.32 Å². The first-order valence-electron chi connectivity index (χ1n) is 12.6. The lowest BCUT2D eigenvalue weighted by atomic mass is 9.92. The number of hydrogen-bond acceptors (Lipinski definition) is 5. The van der Waals surface area contributed by atoms with Crippen molar-refractivity contribution < 1.29 is 9.32 Å². The summed E-state index contributed by atoms with van der Waals surface area (Å²) < 4.78 is 5.52. The molecule has 1 atom stereocenters. The van der Waals surface area contributed by atoms with E-state index in [4.69, 9.17) is 4.52 Å². The van der Waals surface area contributed by atoms with Crippen LogP contribution in [0.4, 0.5) is 0 Å². The zero-order chi connectivity index (χ0) is 24.9. The van der Waals surface area contributed by atoms with Crippen molar-refractivity contribution in [1.82, 2.24) is 20.4 Å². The van der Waals surface area contributed by atoms with Crippen LogP contribution >= 0.6 is 0 Å². The molecular formula is C30H32N4O2. The first-order valence-corrected chi connectivity index (χ1v) is 12.6. The fraction of sp³-hybridized carbons (Fsp3) is 0.300. The smallest absolute Gasteiger partial charge is 0.241 e. The van der Waals surface area contributed by atoms with Crippen LogP contribution in [0.3, 0.4) is 0 Å². The molecule has 0 saturated carbocycles. The highest BCUT2D eigenvalue weighted by Crippen LogP contribution is 2.27. The van der Waals surface area contributed by atoms with Crippen molar-refractivity contribution >= 4 is 5.91 Å². The van der Waals surface area contributed by atoms with Gasteiger partial charge in [-0.1, -0.05) is 83.5 Å². The molecule has 4 aromatic rings. The predicted octanol–water partition coefficient (Wildman–Crippen LogP) is 5.47. The normalized spacial score (nSPS) is 15.5. The number of aryl methyl sites for hydroxylation is 2. The summed E-state index contributed by atoms with van der Waals surface area (Å²) in [5.74, 6) is 1.33. The van der Waals surface area contributed by atoms with Crippen molar-refractivity contribution in [2.45, 2.75) is 39.3 Å². The number of likely N-dealkylation sites (tertiary alicyclic amines) is 1. The fourth-order valence-electron chi connectivity index (χ4n) is 4.92. The summed E-state index contributed by atoms with van der Waals surface area (Å²) in [6.07, 6.45) is 1.61. The third-order valence-corrected chi connectivity index (χ3v) is 6.98. The lowest BCUT2D eigenvalue weighted by molar-refractivity contribution is -0.127. The summed E-state index contributed by atoms with van der Waals surface area (Å²) in [6.45, 7) is 6.38. The van der Waals surface area contributed by atoms with E-state index >= 15 is 0 Å². The van der Waals surface area contributed by atoms with Gasteiger partial charge in [0.25, 0.3) is 0 Å². The largest absolute Gasteiger partial charge is 0.345 e. The molecule has 36 heavy (non-hydrogen) atoms. The Balaban J connectivity index is 1.20. The number of carbonyl (C=O) groups excluding carboxylic acids is 1. The van der Waals surface area contributed by atoms with Crippen molar-refractivity contribution in [3.8, 4) is 11.4 Å². The zero-order valence-corrected chi connectivity index (χ0v) is 20.9. The van der Waals surface area contributed by atoms with Crippen molar-refractivity contribution in [3.63, 3.8) is 0 Å². The molecule has 1 N–H and O–H groups in total. The monoisotopic (exact) mass is 480 g/mol. The van der Waals surface area contributed by atoms with Crippen molar-refractivity contribution in [3.05, 3.63) is 107 Å². The lowest BCUT2D eigenvalue weighted by Crippen LogP contribution is -2.41. The van der Waals surface area contributed by atoms with Gasteiger partial charge in [0.15, 0.2) is 0 Å². The van der Waals surface area contributed by atoms with Gasteiger partial charge in [0, 0.05) is 11.5 Å². The van der Waals surface area contributed by atoms with Crippen LogP contribution in [0.2, 0.25) is 0 Å². The van der Waals surface area contributed by atoms with Gasteiger partial charge in [-0.2, -0.15) is 4.98 Å². The molecule has 1 saturated heterocycles. The Morgan fingerprint density at radius 2 is 1.75 bits per heavy atom. The van der Waals surface area contributed by atoms with E-state index in [1.54, 1.807) is 0 Å². The second-order valence-electron chi connectivity index (χ2n) is 9.64. The van der Waals surface area contributed by atoms with E-state index in [2.05, 4.69) is 57.6 Å². The van der Waals surface area contributed by atoms with Crippen LogP contribution in [-0.2, 0) is 11.3 Å². The molecule has 6 heteroatoms. The van der Waals surface area contributed by atoms with Gasteiger partial charge in [0.05, 0.1) is 12.6 Å². The second kappa shape index (κ2) is 10.9. The van der Waals surface area contributed by atoms with Gasteiger partial charge < -0.3 is 9.84 Å². The molecule has 1 unspecified atom stereocenters. The fourth-order valence-corrected chi connectivity index (χ4v) is 4.92. The number of carbonyl (C=O) groups is 1. The first-order chi connectivity index (χ1) is 17.6. The number of rotatable bonds is 7. The van der Waals surface area contributed by atoms with E-state index in [9.17, 15) is 4.79 Å². The molecule has 0 spiro atoms. The van der Waals surface area contributed by atoms with Crippen LogP contribution in [0.5, 0.6) is 0 Å². The van der Waals surface area contributed by atoms with Crippen LogP contribution in [0, 0.1) is 19.8 Å². The average Bonchev–Trinajstić information content (AvgIpc) is 3.37. The molecule has 1 aromatic heterocycles. The number of hydrogen-bond donors (Lipinski definition) is 1.